The van der Waals surface area contributed by atoms with E-state index in [9.17, 15) is 0 Å². The predicted octanol–water partition coefficient (Wildman–Crippen LogP) is 18.3. The van der Waals surface area contributed by atoms with Crippen LogP contribution in [0.3, 0.4) is 0 Å². The normalized spacial score (nSPS) is 12.4. The quantitative estimate of drug-likeness (QED) is 0.165. The summed E-state index contributed by atoms with van der Waals surface area (Å²) in [5, 5.41) is 14.2. The molecule has 12 aromatic carbocycles. The van der Waals surface area contributed by atoms with Crippen LogP contribution in [0.2, 0.25) is 0 Å². The highest BCUT2D eigenvalue weighted by atomic mass is 16.5. The van der Waals surface area contributed by atoms with Gasteiger partial charge in [-0.15, -0.1) is 0 Å². The molecule has 4 heterocycles. The second-order valence-electron chi connectivity index (χ2n) is 18.7. The van der Waals surface area contributed by atoms with Gasteiger partial charge < -0.3 is 18.3 Å². The molecule has 16 rings (SSSR count). The maximum Gasteiger partial charge on any atom is 0.136 e. The van der Waals surface area contributed by atoms with Gasteiger partial charge in [-0.25, -0.2) is 0 Å². The molecule has 4 nitrogen and oxygen atoms in total. The lowest BCUT2D eigenvalue weighted by molar-refractivity contribution is 0.487. The van der Waals surface area contributed by atoms with Crippen molar-refractivity contribution in [3.05, 3.63) is 231 Å². The van der Waals surface area contributed by atoms with Gasteiger partial charge in [0.15, 0.2) is 0 Å². The van der Waals surface area contributed by atoms with E-state index < -0.39 is 0 Å². The Morgan fingerprint density at radius 3 is 1.41 bits per heavy atom. The average Bonchev–Trinajstić information content (AvgIpc) is 4.08. The number of furan rings is 1. The smallest absolute Gasteiger partial charge is 0.136 e. The lowest BCUT2D eigenvalue weighted by Crippen LogP contribution is -1.99. The summed E-state index contributed by atoms with van der Waals surface area (Å²) in [6, 6.07) is 83.5. The molecule has 0 saturated carbocycles. The van der Waals surface area contributed by atoms with Gasteiger partial charge in [0.05, 0.1) is 27.8 Å². The number of hydrogen-bond acceptors (Lipinski definition) is 2. The number of hydrogen-bond donors (Lipinski definition) is 0. The van der Waals surface area contributed by atoms with Crippen LogP contribution in [0.4, 0.5) is 0 Å². The molecule has 0 N–H and O–H groups in total. The molecule has 0 spiro atoms. The third kappa shape index (κ3) is 5.14. The molecule has 0 fully saturated rings. The van der Waals surface area contributed by atoms with Crippen LogP contribution < -0.4 is 4.74 Å². The topological polar surface area (TPSA) is 32.2 Å². The molecule has 15 aromatic rings. The van der Waals surface area contributed by atoms with Gasteiger partial charge in [0.1, 0.15) is 22.7 Å². The summed E-state index contributed by atoms with van der Waals surface area (Å²) in [5.74, 6) is 1.69. The van der Waals surface area contributed by atoms with Gasteiger partial charge in [-0.1, -0.05) is 158 Å². The third-order valence-corrected chi connectivity index (χ3v) is 15.1. The Morgan fingerprint density at radius 2 is 0.800 bits per heavy atom. The van der Waals surface area contributed by atoms with Gasteiger partial charge in [0, 0.05) is 65.3 Å². The SMILES string of the molecule is c1ccc2c(-n3c4ccccc4c4ccccc43)c3ccccc3c(-c3ccc4c(c3)oc3cc5c6c(cccc6c34)Oc3cc(-c4ccc(-n6c7ccccc7c7ccccc76)cc4)ccc3-5)c2c1. The van der Waals surface area contributed by atoms with E-state index in [1.807, 2.05) is 0 Å². The van der Waals surface area contributed by atoms with Crippen LogP contribution in [0.25, 0.3) is 143 Å². The number of para-hydroxylation sites is 4. The van der Waals surface area contributed by atoms with Crippen molar-refractivity contribution in [2.24, 2.45) is 0 Å². The maximum atomic E-state index is 6.99. The van der Waals surface area contributed by atoms with Crippen molar-refractivity contribution in [1.29, 1.82) is 0 Å². The van der Waals surface area contributed by atoms with Crippen LogP contribution in [0.5, 0.6) is 11.5 Å². The summed E-state index contributed by atoms with van der Waals surface area (Å²) < 4.78 is 18.7. The van der Waals surface area contributed by atoms with Gasteiger partial charge in [-0.05, 0) is 111 Å². The summed E-state index contributed by atoms with van der Waals surface area (Å²) in [6.07, 6.45) is 0. The lowest BCUT2D eigenvalue weighted by atomic mass is 9.89. The lowest BCUT2D eigenvalue weighted by Gasteiger charge is -2.22. The minimum Gasteiger partial charge on any atom is -0.456 e. The van der Waals surface area contributed by atoms with E-state index >= 15 is 0 Å². The monoisotopic (exact) mass is 890 g/mol. The molecule has 0 aliphatic carbocycles. The molecule has 1 aliphatic rings. The first kappa shape index (κ1) is 37.7. The Balaban J connectivity index is 0.826. The first-order valence-electron chi connectivity index (χ1n) is 24.0. The predicted molar refractivity (Wildman–Crippen MR) is 291 cm³/mol. The molecule has 0 amide bonds. The highest BCUT2D eigenvalue weighted by Gasteiger charge is 2.26. The van der Waals surface area contributed by atoms with Crippen LogP contribution in [-0.2, 0) is 0 Å². The molecular weight excluding hydrogens is 853 g/mol. The zero-order valence-corrected chi connectivity index (χ0v) is 37.7. The van der Waals surface area contributed by atoms with Crippen molar-refractivity contribution in [2.45, 2.75) is 0 Å². The van der Waals surface area contributed by atoms with Crippen LogP contribution in [0.15, 0.2) is 235 Å². The first-order valence-corrected chi connectivity index (χ1v) is 24.0. The van der Waals surface area contributed by atoms with Crippen molar-refractivity contribution in [3.63, 3.8) is 0 Å². The van der Waals surface area contributed by atoms with Crippen molar-refractivity contribution in [1.82, 2.24) is 9.13 Å². The molecule has 0 unspecified atom stereocenters. The molecule has 324 valence electrons. The summed E-state index contributed by atoms with van der Waals surface area (Å²) in [6.45, 7) is 0. The van der Waals surface area contributed by atoms with Crippen molar-refractivity contribution >= 4 is 97.9 Å². The fourth-order valence-electron chi connectivity index (χ4n) is 12.1. The van der Waals surface area contributed by atoms with E-state index in [2.05, 4.69) is 240 Å². The number of aromatic nitrogens is 2. The van der Waals surface area contributed by atoms with Gasteiger partial charge >= 0.3 is 0 Å². The number of benzene rings is 12. The highest BCUT2D eigenvalue weighted by Crippen LogP contribution is 2.52. The van der Waals surface area contributed by atoms with Gasteiger partial charge in [-0.3, -0.25) is 0 Å². The Kier molecular flexibility index (Phi) is 7.58. The van der Waals surface area contributed by atoms with E-state index in [1.165, 1.54) is 76.4 Å². The average molecular weight is 891 g/mol. The van der Waals surface area contributed by atoms with Gasteiger partial charge in [0.25, 0.3) is 0 Å². The summed E-state index contributed by atoms with van der Waals surface area (Å²) in [7, 11) is 0. The van der Waals surface area contributed by atoms with Crippen LogP contribution in [0, 0.1) is 0 Å². The molecule has 0 atom stereocenters. The third-order valence-electron chi connectivity index (χ3n) is 15.1. The largest absolute Gasteiger partial charge is 0.456 e. The van der Waals surface area contributed by atoms with Crippen LogP contribution >= 0.6 is 0 Å². The van der Waals surface area contributed by atoms with Crippen molar-refractivity contribution in [3.8, 4) is 56.3 Å². The number of ether oxygens (including phenoxy) is 1. The Morgan fingerprint density at radius 1 is 0.286 bits per heavy atom. The Bertz CT molecular complexity index is 4570. The zero-order chi connectivity index (χ0) is 45.6. The van der Waals surface area contributed by atoms with E-state index in [0.717, 1.165) is 77.7 Å². The van der Waals surface area contributed by atoms with E-state index in [1.54, 1.807) is 0 Å². The number of fused-ring (bicyclic) bond motifs is 14. The number of nitrogens with zero attached hydrogens (tertiary/aromatic N) is 2. The summed E-state index contributed by atoms with van der Waals surface area (Å²) in [4.78, 5) is 0. The number of rotatable bonds is 4. The molecule has 3 aromatic heterocycles. The van der Waals surface area contributed by atoms with Crippen LogP contribution in [-0.4, -0.2) is 9.13 Å². The fourth-order valence-corrected chi connectivity index (χ4v) is 12.1. The van der Waals surface area contributed by atoms with Gasteiger partial charge in [-0.2, -0.15) is 0 Å². The second kappa shape index (κ2) is 14.1. The Hall–Kier alpha value is -9.38. The standard InChI is InChI=1S/C66H38N2O2/c1-3-20-50-48(18-1)63(49-19-2-4-21-51(49)66(50)68-57-25-11-7-16-45(57)46-17-8-12-26-58(46)68)41-31-35-52-61(37-41)70-62-38-54-47-34-30-40(36-60(47)69-59-27-13-22-53(64(52)62)65(54)59)39-28-32-42(33-29-39)67-55-23-9-5-14-43(55)44-15-6-10-24-56(44)67/h1-38H. The second-order valence-corrected chi connectivity index (χ2v) is 18.7. The minimum atomic E-state index is 0.838. The first-order chi connectivity index (χ1) is 34.7. The zero-order valence-electron chi connectivity index (χ0n) is 37.7. The molecule has 1 aliphatic heterocycles. The van der Waals surface area contributed by atoms with E-state index in [-0.39, 0.29) is 0 Å². The Labute approximate surface area is 401 Å². The molecular formula is C66H38N2O2. The van der Waals surface area contributed by atoms with Crippen molar-refractivity contribution in [2.75, 3.05) is 0 Å². The molecule has 0 bridgehead atoms. The highest BCUT2D eigenvalue weighted by molar-refractivity contribution is 6.26. The van der Waals surface area contributed by atoms with Crippen molar-refractivity contribution < 1.29 is 9.15 Å². The van der Waals surface area contributed by atoms with Crippen LogP contribution in [0.1, 0.15) is 0 Å². The molecule has 0 saturated heterocycles. The molecule has 70 heavy (non-hydrogen) atoms. The van der Waals surface area contributed by atoms with E-state index in [4.69, 9.17) is 9.15 Å². The summed E-state index contributed by atoms with van der Waals surface area (Å²) in [5.41, 5.74) is 15.6. The molecule has 0 radical (unpaired) electrons. The maximum absolute atomic E-state index is 6.99. The molecule has 4 heteroatoms. The summed E-state index contributed by atoms with van der Waals surface area (Å²) >= 11 is 0. The fraction of sp³-hybridized carbons (Fsp3) is 0. The van der Waals surface area contributed by atoms with E-state index in [0.29, 0.717) is 0 Å². The minimum absolute atomic E-state index is 0.838. The van der Waals surface area contributed by atoms with Gasteiger partial charge in [0.2, 0.25) is 0 Å².